The summed E-state index contributed by atoms with van der Waals surface area (Å²) in [6, 6.07) is 0. The van der Waals surface area contributed by atoms with Crippen LogP contribution in [0.4, 0.5) is 13.2 Å². The summed E-state index contributed by atoms with van der Waals surface area (Å²) >= 11 is 3.14. The van der Waals surface area contributed by atoms with E-state index in [1.54, 1.807) is 12.2 Å². The lowest BCUT2D eigenvalue weighted by atomic mass is 10.4. The van der Waals surface area contributed by atoms with E-state index in [0.29, 0.717) is 16.7 Å². The molecule has 1 heterocycles. The fraction of sp³-hybridized carbons (Fsp3) is 0.500. The minimum Gasteiger partial charge on any atom is -0.343 e. The van der Waals surface area contributed by atoms with Crippen molar-refractivity contribution in [3.63, 3.8) is 0 Å². The number of carbonyl (C=O) groups is 1. The molecular weight excluding hydrogens is 291 g/mol. The van der Waals surface area contributed by atoms with Crippen molar-refractivity contribution in [2.24, 2.45) is 0 Å². The highest BCUT2D eigenvalue weighted by Crippen LogP contribution is 2.18. The molecule has 0 bridgehead atoms. The fourth-order valence-corrected chi connectivity index (χ4v) is 1.54. The number of rotatable bonds is 3. The number of aryl methyl sites for hydroxylation is 1. The van der Waals surface area contributed by atoms with Gasteiger partial charge in [-0.2, -0.15) is 18.3 Å². The second-order valence-corrected chi connectivity index (χ2v) is 3.79. The summed E-state index contributed by atoms with van der Waals surface area (Å²) in [5, 5.41) is 5.70. The van der Waals surface area contributed by atoms with Gasteiger partial charge in [0.2, 0.25) is 0 Å². The lowest BCUT2D eigenvalue weighted by Gasteiger charge is -2.09. The van der Waals surface area contributed by atoms with E-state index in [1.807, 2.05) is 0 Å². The van der Waals surface area contributed by atoms with Crippen LogP contribution in [0.25, 0.3) is 0 Å². The second kappa shape index (κ2) is 4.86. The molecule has 0 unspecified atom stereocenters. The van der Waals surface area contributed by atoms with Gasteiger partial charge in [-0.1, -0.05) is 0 Å². The molecule has 16 heavy (non-hydrogen) atoms. The average molecular weight is 300 g/mol. The molecule has 8 heteroatoms. The standard InChI is InChI=1S/C8H9BrF3N3O/c1-2-15-6(5(9)3-14-15)4-13-7(16)8(10,11)12/h3H,2,4H2,1H3,(H,13,16). The molecule has 0 radical (unpaired) electrons. The number of nitrogens with one attached hydrogen (secondary N) is 1. The summed E-state index contributed by atoms with van der Waals surface area (Å²) in [7, 11) is 0. The van der Waals surface area contributed by atoms with Crippen LogP contribution in [0.2, 0.25) is 0 Å². The molecule has 90 valence electrons. The summed E-state index contributed by atoms with van der Waals surface area (Å²) < 4.78 is 37.8. The Morgan fingerprint density at radius 1 is 1.62 bits per heavy atom. The van der Waals surface area contributed by atoms with Gasteiger partial charge < -0.3 is 5.32 Å². The van der Waals surface area contributed by atoms with Gasteiger partial charge in [-0.05, 0) is 22.9 Å². The number of hydrogen-bond donors (Lipinski definition) is 1. The molecule has 0 aliphatic heterocycles. The van der Waals surface area contributed by atoms with E-state index in [4.69, 9.17) is 0 Å². The maximum Gasteiger partial charge on any atom is 0.471 e. The van der Waals surface area contributed by atoms with Gasteiger partial charge in [0.15, 0.2) is 0 Å². The molecular formula is C8H9BrF3N3O. The molecule has 4 nitrogen and oxygen atoms in total. The molecule has 1 amide bonds. The zero-order valence-electron chi connectivity index (χ0n) is 8.31. The Balaban J connectivity index is 2.68. The van der Waals surface area contributed by atoms with Crippen molar-refractivity contribution in [3.05, 3.63) is 16.4 Å². The summed E-state index contributed by atoms with van der Waals surface area (Å²) in [6.07, 6.45) is -3.39. The van der Waals surface area contributed by atoms with E-state index in [9.17, 15) is 18.0 Å². The number of aromatic nitrogens is 2. The lowest BCUT2D eigenvalue weighted by molar-refractivity contribution is -0.173. The fourth-order valence-electron chi connectivity index (χ4n) is 1.10. The third-order valence-electron chi connectivity index (χ3n) is 1.87. The Labute approximate surface area is 97.9 Å². The van der Waals surface area contributed by atoms with Gasteiger partial charge in [-0.15, -0.1) is 0 Å². The third-order valence-corrected chi connectivity index (χ3v) is 2.53. The maximum atomic E-state index is 11.9. The number of hydrogen-bond acceptors (Lipinski definition) is 2. The van der Waals surface area contributed by atoms with Crippen molar-refractivity contribution in [2.75, 3.05) is 0 Å². The third kappa shape index (κ3) is 2.97. The molecule has 0 spiro atoms. The Hall–Kier alpha value is -1.05. The largest absolute Gasteiger partial charge is 0.471 e. The van der Waals surface area contributed by atoms with Crippen molar-refractivity contribution in [1.82, 2.24) is 15.1 Å². The molecule has 1 rings (SSSR count). The van der Waals surface area contributed by atoms with E-state index < -0.39 is 12.1 Å². The van der Waals surface area contributed by atoms with Gasteiger partial charge in [0.1, 0.15) is 0 Å². The monoisotopic (exact) mass is 299 g/mol. The molecule has 0 saturated carbocycles. The predicted octanol–water partition coefficient (Wildman–Crippen LogP) is 1.84. The molecule has 1 aromatic heterocycles. The number of carbonyl (C=O) groups excluding carboxylic acids is 1. The highest BCUT2D eigenvalue weighted by molar-refractivity contribution is 9.10. The average Bonchev–Trinajstić information content (AvgIpc) is 2.54. The highest BCUT2D eigenvalue weighted by Gasteiger charge is 2.38. The van der Waals surface area contributed by atoms with Gasteiger partial charge in [-0.25, -0.2) is 0 Å². The summed E-state index contributed by atoms with van der Waals surface area (Å²) in [4.78, 5) is 10.6. The molecule has 0 saturated heterocycles. The quantitative estimate of drug-likeness (QED) is 0.926. The topological polar surface area (TPSA) is 46.9 Å². The Morgan fingerprint density at radius 3 is 2.75 bits per heavy atom. The molecule has 0 aliphatic rings. The lowest BCUT2D eigenvalue weighted by Crippen LogP contribution is -2.36. The number of alkyl halides is 3. The van der Waals surface area contributed by atoms with Crippen LogP contribution >= 0.6 is 15.9 Å². The van der Waals surface area contributed by atoms with Gasteiger partial charge in [-0.3, -0.25) is 9.48 Å². The maximum absolute atomic E-state index is 11.9. The van der Waals surface area contributed by atoms with E-state index in [1.165, 1.54) is 10.9 Å². The first-order valence-electron chi connectivity index (χ1n) is 4.41. The Morgan fingerprint density at radius 2 is 2.25 bits per heavy atom. The highest BCUT2D eigenvalue weighted by atomic mass is 79.9. The van der Waals surface area contributed by atoms with Gasteiger partial charge in [0, 0.05) is 6.54 Å². The summed E-state index contributed by atoms with van der Waals surface area (Å²) in [5.41, 5.74) is 0.500. The zero-order valence-corrected chi connectivity index (χ0v) is 9.89. The molecule has 1 aromatic rings. The van der Waals surface area contributed by atoms with Gasteiger partial charge in [0.05, 0.1) is 22.9 Å². The first-order valence-corrected chi connectivity index (χ1v) is 5.20. The van der Waals surface area contributed by atoms with Crippen molar-refractivity contribution in [2.45, 2.75) is 26.2 Å². The predicted molar refractivity (Wildman–Crippen MR) is 53.5 cm³/mol. The second-order valence-electron chi connectivity index (χ2n) is 2.94. The number of amides is 1. The minimum atomic E-state index is -4.86. The molecule has 0 atom stereocenters. The SMILES string of the molecule is CCn1ncc(Br)c1CNC(=O)C(F)(F)F. The number of nitrogens with zero attached hydrogens (tertiary/aromatic N) is 2. The van der Waals surface area contributed by atoms with Gasteiger partial charge >= 0.3 is 12.1 Å². The van der Waals surface area contributed by atoms with E-state index in [2.05, 4.69) is 21.0 Å². The van der Waals surface area contributed by atoms with Crippen LogP contribution in [-0.4, -0.2) is 21.9 Å². The van der Waals surface area contributed by atoms with E-state index in [-0.39, 0.29) is 6.54 Å². The van der Waals surface area contributed by atoms with Crippen LogP contribution in [0, 0.1) is 0 Å². The first-order chi connectivity index (χ1) is 7.36. The van der Waals surface area contributed by atoms with E-state index >= 15 is 0 Å². The smallest absolute Gasteiger partial charge is 0.343 e. The van der Waals surface area contributed by atoms with Crippen molar-refractivity contribution < 1.29 is 18.0 Å². The van der Waals surface area contributed by atoms with Crippen LogP contribution in [0.3, 0.4) is 0 Å². The Kier molecular flexibility index (Phi) is 3.95. The molecule has 0 aromatic carbocycles. The van der Waals surface area contributed by atoms with Crippen LogP contribution in [0.15, 0.2) is 10.7 Å². The van der Waals surface area contributed by atoms with Crippen LogP contribution < -0.4 is 5.32 Å². The zero-order chi connectivity index (χ0) is 12.3. The van der Waals surface area contributed by atoms with Gasteiger partial charge in [0.25, 0.3) is 0 Å². The van der Waals surface area contributed by atoms with Crippen LogP contribution in [0.5, 0.6) is 0 Å². The van der Waals surface area contributed by atoms with Crippen molar-refractivity contribution >= 4 is 21.8 Å². The van der Waals surface area contributed by atoms with Crippen molar-refractivity contribution in [1.29, 1.82) is 0 Å². The Bertz CT molecular complexity index is 388. The van der Waals surface area contributed by atoms with Crippen LogP contribution in [0.1, 0.15) is 12.6 Å². The van der Waals surface area contributed by atoms with Crippen LogP contribution in [-0.2, 0) is 17.9 Å². The summed E-state index contributed by atoms with van der Waals surface area (Å²) in [5.74, 6) is -1.96. The summed E-state index contributed by atoms with van der Waals surface area (Å²) in [6.45, 7) is 2.10. The molecule has 0 aliphatic carbocycles. The normalized spacial score (nSPS) is 11.6. The molecule has 0 fully saturated rings. The minimum absolute atomic E-state index is 0.216. The molecule has 1 N–H and O–H groups in total. The van der Waals surface area contributed by atoms with E-state index in [0.717, 1.165) is 0 Å². The first kappa shape index (κ1) is 13.0. The van der Waals surface area contributed by atoms with Crippen molar-refractivity contribution in [3.8, 4) is 0 Å². The number of halogens is 4.